The summed E-state index contributed by atoms with van der Waals surface area (Å²) in [7, 11) is 0. The summed E-state index contributed by atoms with van der Waals surface area (Å²) in [4.78, 5) is 4.26. The van der Waals surface area contributed by atoms with Crippen LogP contribution in [0.3, 0.4) is 0 Å². The lowest BCUT2D eigenvalue weighted by Crippen LogP contribution is -2.09. The number of halogens is 1. The lowest BCUT2D eigenvalue weighted by atomic mass is 9.85. The van der Waals surface area contributed by atoms with Crippen molar-refractivity contribution in [3.63, 3.8) is 0 Å². The van der Waals surface area contributed by atoms with E-state index in [4.69, 9.17) is 0 Å². The second kappa shape index (κ2) is 4.92. The molecule has 1 aromatic rings. The van der Waals surface area contributed by atoms with Gasteiger partial charge < -0.3 is 0 Å². The molecule has 2 heteroatoms. The summed E-state index contributed by atoms with van der Waals surface area (Å²) >= 11 is 3.36. The smallest absolute Gasteiger partial charge is 0.106 e. The minimum atomic E-state index is 0.909. The maximum atomic E-state index is 4.26. The van der Waals surface area contributed by atoms with E-state index in [9.17, 15) is 0 Å². The zero-order valence-corrected chi connectivity index (χ0v) is 9.96. The highest BCUT2D eigenvalue weighted by atomic mass is 79.9. The van der Waals surface area contributed by atoms with Crippen molar-refractivity contribution in [3.05, 3.63) is 28.5 Å². The van der Waals surface area contributed by atoms with Gasteiger partial charge in [0, 0.05) is 6.20 Å². The van der Waals surface area contributed by atoms with Gasteiger partial charge in [-0.05, 0) is 39.9 Å². The van der Waals surface area contributed by atoms with E-state index in [2.05, 4.69) is 27.0 Å². The van der Waals surface area contributed by atoms with Gasteiger partial charge in [-0.25, -0.2) is 4.98 Å². The maximum absolute atomic E-state index is 4.26. The standard InChI is InChI=1S/C12H16BrN/c13-12-7-6-11(9-14-12)8-10-4-2-1-3-5-10/h6-7,9-10H,1-5,8H2. The number of aromatic nitrogens is 1. The summed E-state index contributed by atoms with van der Waals surface area (Å²) < 4.78 is 0.935. The van der Waals surface area contributed by atoms with Crippen molar-refractivity contribution >= 4 is 15.9 Å². The zero-order valence-electron chi connectivity index (χ0n) is 8.38. The maximum Gasteiger partial charge on any atom is 0.106 e. The molecule has 1 fully saturated rings. The molecule has 1 aliphatic rings. The fourth-order valence-electron chi connectivity index (χ4n) is 2.25. The van der Waals surface area contributed by atoms with Gasteiger partial charge in [0.1, 0.15) is 4.60 Å². The molecule has 0 aliphatic heterocycles. The van der Waals surface area contributed by atoms with Crippen molar-refractivity contribution in [3.8, 4) is 0 Å². The molecule has 2 rings (SSSR count). The lowest BCUT2D eigenvalue weighted by Gasteiger charge is -2.21. The quantitative estimate of drug-likeness (QED) is 0.728. The van der Waals surface area contributed by atoms with Gasteiger partial charge in [0.15, 0.2) is 0 Å². The molecule has 1 heterocycles. The first kappa shape index (κ1) is 10.2. The molecule has 0 atom stereocenters. The topological polar surface area (TPSA) is 12.9 Å². The van der Waals surface area contributed by atoms with Crippen LogP contribution in [0.2, 0.25) is 0 Å². The molecule has 0 spiro atoms. The van der Waals surface area contributed by atoms with E-state index in [1.54, 1.807) is 0 Å². The van der Waals surface area contributed by atoms with Gasteiger partial charge in [-0.2, -0.15) is 0 Å². The van der Waals surface area contributed by atoms with Crippen LogP contribution < -0.4 is 0 Å². The van der Waals surface area contributed by atoms with Gasteiger partial charge in [0.05, 0.1) is 0 Å². The van der Waals surface area contributed by atoms with Crippen LogP contribution in [0.1, 0.15) is 37.7 Å². The summed E-state index contributed by atoms with van der Waals surface area (Å²) in [5, 5.41) is 0. The van der Waals surface area contributed by atoms with E-state index in [-0.39, 0.29) is 0 Å². The van der Waals surface area contributed by atoms with Crippen LogP contribution in [0.5, 0.6) is 0 Å². The van der Waals surface area contributed by atoms with Crippen LogP contribution in [0.25, 0.3) is 0 Å². The average Bonchev–Trinajstić information content (AvgIpc) is 2.23. The van der Waals surface area contributed by atoms with Gasteiger partial charge in [-0.15, -0.1) is 0 Å². The minimum absolute atomic E-state index is 0.909. The highest BCUT2D eigenvalue weighted by molar-refractivity contribution is 9.10. The van der Waals surface area contributed by atoms with E-state index < -0.39 is 0 Å². The fraction of sp³-hybridized carbons (Fsp3) is 0.583. The highest BCUT2D eigenvalue weighted by Crippen LogP contribution is 2.26. The molecule has 0 aromatic carbocycles. The molecule has 0 saturated heterocycles. The number of pyridine rings is 1. The minimum Gasteiger partial charge on any atom is -0.249 e. The number of rotatable bonds is 2. The summed E-state index contributed by atoms with van der Waals surface area (Å²) in [5.74, 6) is 0.909. The van der Waals surface area contributed by atoms with Crippen LogP contribution in [-0.2, 0) is 6.42 Å². The Bertz CT molecular complexity index is 275. The molecule has 0 bridgehead atoms. The number of hydrogen-bond acceptors (Lipinski definition) is 1. The van der Waals surface area contributed by atoms with Crippen LogP contribution >= 0.6 is 15.9 Å². The molecule has 0 unspecified atom stereocenters. The van der Waals surface area contributed by atoms with Crippen LogP contribution in [0.4, 0.5) is 0 Å². The molecule has 14 heavy (non-hydrogen) atoms. The van der Waals surface area contributed by atoms with Gasteiger partial charge in [0.25, 0.3) is 0 Å². The molecule has 0 N–H and O–H groups in total. The SMILES string of the molecule is Brc1ccc(CC2CCCCC2)cn1. The third-order valence-electron chi connectivity index (χ3n) is 3.04. The zero-order chi connectivity index (χ0) is 9.80. The molecular weight excluding hydrogens is 238 g/mol. The molecule has 1 saturated carbocycles. The second-order valence-corrected chi connectivity index (χ2v) is 5.01. The Labute approximate surface area is 94.1 Å². The summed E-state index contributed by atoms with van der Waals surface area (Å²) in [6, 6.07) is 4.23. The normalized spacial score (nSPS) is 18.4. The summed E-state index contributed by atoms with van der Waals surface area (Å²) in [6.45, 7) is 0. The highest BCUT2D eigenvalue weighted by Gasteiger charge is 2.13. The van der Waals surface area contributed by atoms with Crippen molar-refractivity contribution in [2.24, 2.45) is 5.92 Å². The average molecular weight is 254 g/mol. The largest absolute Gasteiger partial charge is 0.249 e. The Morgan fingerprint density at radius 1 is 1.21 bits per heavy atom. The van der Waals surface area contributed by atoms with Crippen LogP contribution in [0, 0.1) is 5.92 Å². The van der Waals surface area contributed by atoms with E-state index in [1.807, 2.05) is 12.3 Å². The Morgan fingerprint density at radius 2 is 2.00 bits per heavy atom. The predicted molar refractivity (Wildman–Crippen MR) is 62.2 cm³/mol. The third-order valence-corrected chi connectivity index (χ3v) is 3.51. The van der Waals surface area contributed by atoms with Crippen molar-refractivity contribution in [1.29, 1.82) is 0 Å². The molecular formula is C12H16BrN. The first-order valence-electron chi connectivity index (χ1n) is 5.45. The van der Waals surface area contributed by atoms with Gasteiger partial charge in [-0.3, -0.25) is 0 Å². The third kappa shape index (κ3) is 2.81. The molecule has 0 radical (unpaired) electrons. The lowest BCUT2D eigenvalue weighted by molar-refractivity contribution is 0.356. The fourth-order valence-corrected chi connectivity index (χ4v) is 2.49. The summed E-state index contributed by atoms with van der Waals surface area (Å²) in [6.07, 6.45) is 10.3. The van der Waals surface area contributed by atoms with Crippen molar-refractivity contribution in [2.75, 3.05) is 0 Å². The molecule has 0 amide bonds. The van der Waals surface area contributed by atoms with E-state index in [0.29, 0.717) is 0 Å². The van der Waals surface area contributed by atoms with Crippen LogP contribution in [0.15, 0.2) is 22.9 Å². The predicted octanol–water partition coefficient (Wildman–Crippen LogP) is 3.97. The van der Waals surface area contributed by atoms with E-state index >= 15 is 0 Å². The Morgan fingerprint density at radius 3 is 2.64 bits per heavy atom. The Hall–Kier alpha value is -0.370. The van der Waals surface area contributed by atoms with Gasteiger partial charge in [0.2, 0.25) is 0 Å². The van der Waals surface area contributed by atoms with Crippen molar-refractivity contribution < 1.29 is 0 Å². The Balaban J connectivity index is 1.92. The first-order valence-corrected chi connectivity index (χ1v) is 6.24. The molecule has 1 aliphatic carbocycles. The Kier molecular flexibility index (Phi) is 3.57. The van der Waals surface area contributed by atoms with E-state index in [0.717, 1.165) is 10.5 Å². The number of hydrogen-bond donors (Lipinski definition) is 0. The monoisotopic (exact) mass is 253 g/mol. The second-order valence-electron chi connectivity index (χ2n) is 4.20. The van der Waals surface area contributed by atoms with Crippen LogP contribution in [-0.4, -0.2) is 4.98 Å². The van der Waals surface area contributed by atoms with Crippen molar-refractivity contribution in [1.82, 2.24) is 4.98 Å². The molecule has 76 valence electrons. The van der Waals surface area contributed by atoms with E-state index in [1.165, 1.54) is 44.1 Å². The number of nitrogens with zero attached hydrogens (tertiary/aromatic N) is 1. The first-order chi connectivity index (χ1) is 6.84. The van der Waals surface area contributed by atoms with Gasteiger partial charge in [-0.1, -0.05) is 38.2 Å². The summed E-state index contributed by atoms with van der Waals surface area (Å²) in [5.41, 5.74) is 1.39. The van der Waals surface area contributed by atoms with Crippen molar-refractivity contribution in [2.45, 2.75) is 38.5 Å². The molecule has 1 aromatic heterocycles. The van der Waals surface area contributed by atoms with Gasteiger partial charge >= 0.3 is 0 Å². The molecule has 1 nitrogen and oxygen atoms in total.